The van der Waals surface area contributed by atoms with Crippen LogP contribution in [0.4, 0.5) is 0 Å². The molecule has 0 unspecified atom stereocenters. The third-order valence-electron chi connectivity index (χ3n) is 3.32. The molecule has 0 fully saturated rings. The van der Waals surface area contributed by atoms with Gasteiger partial charge in [0.2, 0.25) is 0 Å². The lowest BCUT2D eigenvalue weighted by Gasteiger charge is -2.11. The molecule has 1 aromatic carbocycles. The van der Waals surface area contributed by atoms with E-state index >= 15 is 0 Å². The molecule has 1 heterocycles. The van der Waals surface area contributed by atoms with Gasteiger partial charge in [-0.05, 0) is 30.5 Å². The van der Waals surface area contributed by atoms with Gasteiger partial charge in [0.25, 0.3) is 0 Å². The maximum absolute atomic E-state index is 5.60. The molecule has 0 saturated carbocycles. The van der Waals surface area contributed by atoms with Crippen molar-refractivity contribution in [1.82, 2.24) is 4.98 Å². The third-order valence-corrected chi connectivity index (χ3v) is 4.54. The fourth-order valence-corrected chi connectivity index (χ4v) is 3.42. The number of benzene rings is 1. The van der Waals surface area contributed by atoms with Crippen molar-refractivity contribution < 1.29 is 0 Å². The van der Waals surface area contributed by atoms with Crippen molar-refractivity contribution in [3.63, 3.8) is 0 Å². The molecule has 19 heavy (non-hydrogen) atoms. The molecule has 0 radical (unpaired) electrons. The maximum atomic E-state index is 5.60. The summed E-state index contributed by atoms with van der Waals surface area (Å²) in [7, 11) is 0. The SMILES string of the molecule is Cc1nc(CCN)sc1Cc1ccccc1C(C)C. The van der Waals surface area contributed by atoms with Crippen LogP contribution in [-0.4, -0.2) is 11.5 Å². The van der Waals surface area contributed by atoms with Crippen LogP contribution >= 0.6 is 11.3 Å². The summed E-state index contributed by atoms with van der Waals surface area (Å²) in [6, 6.07) is 8.71. The Kier molecular flexibility index (Phi) is 4.72. The second-order valence-corrected chi connectivity index (χ2v) is 6.35. The molecule has 2 aromatic rings. The van der Waals surface area contributed by atoms with Gasteiger partial charge in [0.05, 0.1) is 10.7 Å². The Morgan fingerprint density at radius 1 is 1.26 bits per heavy atom. The minimum atomic E-state index is 0.563. The van der Waals surface area contributed by atoms with E-state index in [4.69, 9.17) is 5.73 Å². The number of aryl methyl sites for hydroxylation is 1. The molecule has 0 atom stereocenters. The summed E-state index contributed by atoms with van der Waals surface area (Å²) in [5.74, 6) is 0.563. The number of hydrogen-bond donors (Lipinski definition) is 1. The molecule has 2 rings (SSSR count). The first-order valence-electron chi connectivity index (χ1n) is 6.85. The van der Waals surface area contributed by atoms with Crippen LogP contribution in [0.25, 0.3) is 0 Å². The largest absolute Gasteiger partial charge is 0.330 e. The molecule has 3 heteroatoms. The molecule has 0 aliphatic rings. The van der Waals surface area contributed by atoms with Crippen molar-refractivity contribution in [1.29, 1.82) is 0 Å². The van der Waals surface area contributed by atoms with Crippen molar-refractivity contribution in [3.05, 3.63) is 51.0 Å². The van der Waals surface area contributed by atoms with E-state index in [1.54, 1.807) is 0 Å². The topological polar surface area (TPSA) is 38.9 Å². The fourth-order valence-electron chi connectivity index (χ4n) is 2.31. The lowest BCUT2D eigenvalue weighted by molar-refractivity contribution is 0.848. The summed E-state index contributed by atoms with van der Waals surface area (Å²) in [6.45, 7) is 7.27. The van der Waals surface area contributed by atoms with Crippen molar-refractivity contribution in [2.75, 3.05) is 6.54 Å². The van der Waals surface area contributed by atoms with E-state index in [1.807, 2.05) is 11.3 Å². The van der Waals surface area contributed by atoms with Crippen LogP contribution < -0.4 is 5.73 Å². The first-order chi connectivity index (χ1) is 9.11. The van der Waals surface area contributed by atoms with Crippen LogP contribution in [0.3, 0.4) is 0 Å². The Labute approximate surface area is 119 Å². The number of aromatic nitrogens is 1. The lowest BCUT2D eigenvalue weighted by atomic mass is 9.95. The molecule has 2 nitrogen and oxygen atoms in total. The highest BCUT2D eigenvalue weighted by molar-refractivity contribution is 7.11. The number of thiazole rings is 1. The van der Waals surface area contributed by atoms with Crippen molar-refractivity contribution in [2.45, 2.75) is 39.5 Å². The first kappa shape index (κ1) is 14.2. The zero-order valence-corrected chi connectivity index (χ0v) is 12.8. The first-order valence-corrected chi connectivity index (χ1v) is 7.66. The minimum absolute atomic E-state index is 0.563. The van der Waals surface area contributed by atoms with Crippen molar-refractivity contribution in [3.8, 4) is 0 Å². The smallest absolute Gasteiger partial charge is 0.0943 e. The van der Waals surface area contributed by atoms with Crippen LogP contribution in [0, 0.1) is 6.92 Å². The normalized spacial score (nSPS) is 11.2. The Morgan fingerprint density at radius 2 is 2.00 bits per heavy atom. The highest BCUT2D eigenvalue weighted by Gasteiger charge is 2.11. The van der Waals surface area contributed by atoms with Crippen LogP contribution in [0.5, 0.6) is 0 Å². The van der Waals surface area contributed by atoms with Gasteiger partial charge in [-0.3, -0.25) is 0 Å². The number of hydrogen-bond acceptors (Lipinski definition) is 3. The summed E-state index contributed by atoms with van der Waals surface area (Å²) >= 11 is 1.81. The van der Waals surface area contributed by atoms with E-state index in [0.29, 0.717) is 12.5 Å². The van der Waals surface area contributed by atoms with E-state index in [1.165, 1.54) is 16.0 Å². The van der Waals surface area contributed by atoms with Gasteiger partial charge in [-0.2, -0.15) is 0 Å². The van der Waals surface area contributed by atoms with E-state index in [-0.39, 0.29) is 0 Å². The molecule has 0 aliphatic carbocycles. The standard InChI is InChI=1S/C16H22N2S/c1-11(2)14-7-5-4-6-13(14)10-15-12(3)18-16(19-15)8-9-17/h4-7,11H,8-10,17H2,1-3H3. The van der Waals surface area contributed by atoms with Crippen LogP contribution in [0.1, 0.15) is 46.5 Å². The fraction of sp³-hybridized carbons (Fsp3) is 0.438. The van der Waals surface area contributed by atoms with Crippen LogP contribution in [0.15, 0.2) is 24.3 Å². The molecular weight excluding hydrogens is 252 g/mol. The van der Waals surface area contributed by atoms with E-state index in [2.05, 4.69) is 50.0 Å². The van der Waals surface area contributed by atoms with Gasteiger partial charge in [0, 0.05) is 17.7 Å². The quantitative estimate of drug-likeness (QED) is 0.903. The Morgan fingerprint density at radius 3 is 2.68 bits per heavy atom. The Hall–Kier alpha value is -1.19. The van der Waals surface area contributed by atoms with Gasteiger partial charge in [-0.15, -0.1) is 11.3 Å². The maximum Gasteiger partial charge on any atom is 0.0943 e. The van der Waals surface area contributed by atoms with E-state index < -0.39 is 0 Å². The zero-order valence-electron chi connectivity index (χ0n) is 11.9. The van der Waals surface area contributed by atoms with Gasteiger partial charge in [-0.1, -0.05) is 38.1 Å². The molecule has 2 N–H and O–H groups in total. The second-order valence-electron chi connectivity index (χ2n) is 5.19. The van der Waals surface area contributed by atoms with Gasteiger partial charge < -0.3 is 5.73 Å². The molecular formula is C16H22N2S. The number of rotatable bonds is 5. The van der Waals surface area contributed by atoms with Gasteiger partial charge >= 0.3 is 0 Å². The summed E-state index contributed by atoms with van der Waals surface area (Å²) in [5.41, 5.74) is 9.62. The van der Waals surface area contributed by atoms with E-state index in [9.17, 15) is 0 Å². The van der Waals surface area contributed by atoms with Gasteiger partial charge in [0.15, 0.2) is 0 Å². The second kappa shape index (κ2) is 6.31. The average Bonchev–Trinajstić information content (AvgIpc) is 2.71. The summed E-state index contributed by atoms with van der Waals surface area (Å²) in [4.78, 5) is 5.98. The average molecular weight is 274 g/mol. The molecule has 0 amide bonds. The van der Waals surface area contributed by atoms with Gasteiger partial charge in [-0.25, -0.2) is 4.98 Å². The van der Waals surface area contributed by atoms with Crippen molar-refractivity contribution >= 4 is 11.3 Å². The Bertz CT molecular complexity index is 543. The van der Waals surface area contributed by atoms with Gasteiger partial charge in [0.1, 0.15) is 0 Å². The number of nitrogens with two attached hydrogens (primary N) is 1. The summed E-state index contributed by atoms with van der Waals surface area (Å²) in [5, 5.41) is 1.16. The van der Waals surface area contributed by atoms with Crippen LogP contribution in [0.2, 0.25) is 0 Å². The third kappa shape index (κ3) is 3.43. The predicted molar refractivity (Wildman–Crippen MR) is 82.9 cm³/mol. The number of nitrogens with zero attached hydrogens (tertiary/aromatic N) is 1. The molecule has 0 saturated heterocycles. The zero-order chi connectivity index (χ0) is 13.8. The molecule has 1 aromatic heterocycles. The molecule has 0 bridgehead atoms. The predicted octanol–water partition coefficient (Wildman–Crippen LogP) is 3.67. The highest BCUT2D eigenvalue weighted by atomic mass is 32.1. The van der Waals surface area contributed by atoms with Crippen molar-refractivity contribution in [2.24, 2.45) is 5.73 Å². The lowest BCUT2D eigenvalue weighted by Crippen LogP contribution is -2.01. The monoisotopic (exact) mass is 274 g/mol. The minimum Gasteiger partial charge on any atom is -0.330 e. The molecule has 102 valence electrons. The summed E-state index contributed by atoms with van der Waals surface area (Å²) < 4.78 is 0. The van der Waals surface area contributed by atoms with Crippen LogP contribution in [-0.2, 0) is 12.8 Å². The summed E-state index contributed by atoms with van der Waals surface area (Å²) in [6.07, 6.45) is 1.87. The highest BCUT2D eigenvalue weighted by Crippen LogP contribution is 2.26. The van der Waals surface area contributed by atoms with E-state index in [0.717, 1.165) is 23.5 Å². The Balaban J connectivity index is 2.26. The molecule has 0 aliphatic heterocycles. The molecule has 0 spiro atoms.